The van der Waals surface area contributed by atoms with Gasteiger partial charge in [-0.3, -0.25) is 9.59 Å². The molecule has 0 saturated carbocycles. The molecule has 0 aromatic heterocycles. The lowest BCUT2D eigenvalue weighted by atomic mass is 10.1. The van der Waals surface area contributed by atoms with E-state index in [0.29, 0.717) is 0 Å². The number of amides is 1. The largest absolute Gasteiger partial charge is 0.471 e. The highest BCUT2D eigenvalue weighted by atomic mass is 19.4. The quantitative estimate of drug-likeness (QED) is 0.826. The molecule has 0 spiro atoms. The number of nitrogens with one attached hydrogen (secondary N) is 1. The number of halogens is 3. The molecule has 89 valence electrons. The normalized spacial score (nSPS) is 11.5. The molecule has 0 heterocycles. The highest BCUT2D eigenvalue weighted by Gasteiger charge is 2.38. The molecule has 1 aromatic rings. The molecule has 1 aromatic carbocycles. The number of hydrogen-bond donors (Lipinski definition) is 1. The first-order chi connectivity index (χ1) is 7.95. The minimum atomic E-state index is -4.95. The summed E-state index contributed by atoms with van der Waals surface area (Å²) in [7, 11) is 0. The van der Waals surface area contributed by atoms with Gasteiger partial charge in [-0.15, -0.1) is 0 Å². The summed E-state index contributed by atoms with van der Waals surface area (Å²) in [6.45, 7) is 0. The molecule has 0 fully saturated rings. The van der Waals surface area contributed by atoms with Crippen LogP contribution >= 0.6 is 0 Å². The summed E-state index contributed by atoms with van der Waals surface area (Å²) >= 11 is 0. The summed E-state index contributed by atoms with van der Waals surface area (Å²) in [5, 5.41) is 1.71. The number of carbonyl (C=O) groups excluding carboxylic acids is 2. The Balaban J connectivity index is 2.95. The average Bonchev–Trinajstić information content (AvgIpc) is 2.26. The Morgan fingerprint density at radius 2 is 1.94 bits per heavy atom. The van der Waals surface area contributed by atoms with E-state index in [0.717, 1.165) is 6.08 Å². The second-order valence-electron chi connectivity index (χ2n) is 2.99. The Bertz CT molecular complexity index is 452. The SMILES string of the molecule is O=[C]/C=C/c1ccccc1NC(=O)C(F)(F)F. The van der Waals surface area contributed by atoms with E-state index < -0.39 is 12.1 Å². The zero-order chi connectivity index (χ0) is 12.9. The van der Waals surface area contributed by atoms with E-state index in [1.54, 1.807) is 11.4 Å². The van der Waals surface area contributed by atoms with E-state index in [9.17, 15) is 22.8 Å². The van der Waals surface area contributed by atoms with Gasteiger partial charge in [0.2, 0.25) is 6.29 Å². The molecule has 0 aliphatic carbocycles. The second kappa shape index (κ2) is 5.29. The van der Waals surface area contributed by atoms with Crippen LogP contribution in [0.3, 0.4) is 0 Å². The van der Waals surface area contributed by atoms with Crippen molar-refractivity contribution >= 4 is 24.0 Å². The van der Waals surface area contributed by atoms with Gasteiger partial charge in [-0.25, -0.2) is 0 Å². The fraction of sp³-hybridized carbons (Fsp3) is 0.0909. The van der Waals surface area contributed by atoms with Crippen LogP contribution in [0.15, 0.2) is 30.3 Å². The zero-order valence-electron chi connectivity index (χ0n) is 8.41. The van der Waals surface area contributed by atoms with Gasteiger partial charge in [-0.2, -0.15) is 13.2 Å². The Morgan fingerprint density at radius 1 is 1.29 bits per heavy atom. The van der Waals surface area contributed by atoms with Gasteiger partial charge in [-0.05, 0) is 23.8 Å². The molecule has 1 N–H and O–H groups in total. The maximum absolute atomic E-state index is 12.0. The van der Waals surface area contributed by atoms with Crippen molar-refractivity contribution in [2.24, 2.45) is 0 Å². The van der Waals surface area contributed by atoms with Gasteiger partial charge in [0, 0.05) is 5.69 Å². The van der Waals surface area contributed by atoms with Crippen molar-refractivity contribution in [1.29, 1.82) is 0 Å². The Kier molecular flexibility index (Phi) is 4.03. The maximum Gasteiger partial charge on any atom is 0.471 e. The van der Waals surface area contributed by atoms with Crippen LogP contribution in [0.5, 0.6) is 0 Å². The molecule has 0 bridgehead atoms. The van der Waals surface area contributed by atoms with Crippen LogP contribution in [-0.2, 0) is 9.59 Å². The summed E-state index contributed by atoms with van der Waals surface area (Å²) in [4.78, 5) is 20.7. The summed E-state index contributed by atoms with van der Waals surface area (Å²) in [5.74, 6) is -2.06. The number of hydrogen-bond acceptors (Lipinski definition) is 2. The number of carbonyl (C=O) groups is 1. The fourth-order valence-electron chi connectivity index (χ4n) is 1.07. The zero-order valence-corrected chi connectivity index (χ0v) is 8.41. The van der Waals surface area contributed by atoms with E-state index in [4.69, 9.17) is 0 Å². The van der Waals surface area contributed by atoms with Gasteiger partial charge in [0.05, 0.1) is 0 Å². The van der Waals surface area contributed by atoms with Crippen molar-refractivity contribution in [2.75, 3.05) is 5.32 Å². The molecule has 17 heavy (non-hydrogen) atoms. The molecule has 0 aliphatic rings. The molecule has 0 atom stereocenters. The highest BCUT2D eigenvalue weighted by molar-refractivity contribution is 5.97. The Morgan fingerprint density at radius 3 is 2.53 bits per heavy atom. The number of alkyl halides is 3. The van der Waals surface area contributed by atoms with Crippen LogP contribution in [0, 0.1) is 0 Å². The van der Waals surface area contributed by atoms with Crippen molar-refractivity contribution in [2.45, 2.75) is 6.18 Å². The minimum Gasteiger partial charge on any atom is -0.318 e. The molecule has 1 rings (SSSR count). The summed E-state index contributed by atoms with van der Waals surface area (Å²) in [6, 6.07) is 5.79. The molecule has 3 nitrogen and oxygen atoms in total. The van der Waals surface area contributed by atoms with Crippen molar-refractivity contribution in [3.05, 3.63) is 35.9 Å². The third-order valence-corrected chi connectivity index (χ3v) is 1.80. The van der Waals surface area contributed by atoms with Crippen molar-refractivity contribution in [1.82, 2.24) is 0 Å². The third-order valence-electron chi connectivity index (χ3n) is 1.80. The van der Waals surface area contributed by atoms with Gasteiger partial charge in [-0.1, -0.05) is 18.2 Å². The molecule has 1 amide bonds. The Labute approximate surface area is 94.9 Å². The molecular weight excluding hydrogens is 235 g/mol. The van der Waals surface area contributed by atoms with Crippen LogP contribution in [-0.4, -0.2) is 18.4 Å². The van der Waals surface area contributed by atoms with Crippen LogP contribution in [0.25, 0.3) is 6.08 Å². The summed E-state index contributed by atoms with van der Waals surface area (Å²) < 4.78 is 36.1. The first kappa shape index (κ1) is 13.0. The van der Waals surface area contributed by atoms with Crippen LogP contribution in [0.4, 0.5) is 18.9 Å². The first-order valence-electron chi connectivity index (χ1n) is 4.46. The second-order valence-corrected chi connectivity index (χ2v) is 2.99. The minimum absolute atomic E-state index is 0.0266. The lowest BCUT2D eigenvalue weighted by Gasteiger charge is -2.09. The first-order valence-corrected chi connectivity index (χ1v) is 4.46. The molecule has 1 radical (unpaired) electrons. The molecular formula is C11H7F3NO2. The van der Waals surface area contributed by atoms with E-state index in [2.05, 4.69) is 0 Å². The van der Waals surface area contributed by atoms with Gasteiger partial charge in [0.25, 0.3) is 0 Å². The topological polar surface area (TPSA) is 46.2 Å². The lowest BCUT2D eigenvalue weighted by molar-refractivity contribution is -0.167. The average molecular weight is 242 g/mol. The molecule has 6 heteroatoms. The number of para-hydroxylation sites is 1. The highest BCUT2D eigenvalue weighted by Crippen LogP contribution is 2.21. The van der Waals surface area contributed by atoms with Gasteiger partial charge >= 0.3 is 12.1 Å². The maximum atomic E-state index is 12.0. The van der Waals surface area contributed by atoms with Crippen LogP contribution in [0.1, 0.15) is 5.56 Å². The summed E-state index contributed by atoms with van der Waals surface area (Å²) in [5.41, 5.74) is 0.259. The smallest absolute Gasteiger partial charge is 0.318 e. The van der Waals surface area contributed by atoms with Crippen LogP contribution in [0.2, 0.25) is 0 Å². The molecule has 0 aliphatic heterocycles. The summed E-state index contributed by atoms with van der Waals surface area (Å²) in [6.07, 6.45) is -1.24. The monoisotopic (exact) mass is 242 g/mol. The van der Waals surface area contributed by atoms with Crippen molar-refractivity contribution < 1.29 is 22.8 Å². The lowest BCUT2D eigenvalue weighted by Crippen LogP contribution is -2.30. The van der Waals surface area contributed by atoms with Crippen molar-refractivity contribution in [3.63, 3.8) is 0 Å². The van der Waals surface area contributed by atoms with E-state index in [1.165, 1.54) is 30.6 Å². The number of allylic oxidation sites excluding steroid dienone is 1. The standard InChI is InChI=1S/C11H7F3NO2/c12-11(13,14)10(17)15-9-6-2-1-4-8(9)5-3-7-16/h1-6H,(H,15,17)/b5-3+. The number of benzene rings is 1. The van der Waals surface area contributed by atoms with Gasteiger partial charge in [0.1, 0.15) is 0 Å². The number of anilines is 1. The van der Waals surface area contributed by atoms with E-state index in [1.807, 2.05) is 0 Å². The van der Waals surface area contributed by atoms with E-state index in [-0.39, 0.29) is 11.3 Å². The van der Waals surface area contributed by atoms with Gasteiger partial charge in [0.15, 0.2) is 0 Å². The third kappa shape index (κ3) is 3.75. The number of rotatable bonds is 3. The van der Waals surface area contributed by atoms with Gasteiger partial charge < -0.3 is 5.32 Å². The fourth-order valence-corrected chi connectivity index (χ4v) is 1.07. The molecule has 0 unspecified atom stereocenters. The van der Waals surface area contributed by atoms with Crippen LogP contribution < -0.4 is 5.32 Å². The Hall–Kier alpha value is -2.11. The predicted molar refractivity (Wildman–Crippen MR) is 55.9 cm³/mol. The van der Waals surface area contributed by atoms with Crippen molar-refractivity contribution in [3.8, 4) is 0 Å². The molecule has 0 saturated heterocycles. The van der Waals surface area contributed by atoms with E-state index >= 15 is 0 Å². The predicted octanol–water partition coefficient (Wildman–Crippen LogP) is 2.31.